The van der Waals surface area contributed by atoms with Crippen molar-refractivity contribution in [2.75, 3.05) is 6.61 Å². The van der Waals surface area contributed by atoms with Crippen molar-refractivity contribution in [2.45, 2.75) is 38.4 Å². The second-order valence-corrected chi connectivity index (χ2v) is 5.63. The molecule has 148 valence electrons. The SMILES string of the molecule is Cl.NC(CCCCOB(O)O)c1nnnn1CC(=O)NCc1cccnc1. The van der Waals surface area contributed by atoms with Gasteiger partial charge in [-0.3, -0.25) is 9.78 Å². The Hall–Kier alpha value is -2.12. The van der Waals surface area contributed by atoms with Crippen LogP contribution in [0.5, 0.6) is 0 Å². The number of nitrogens with two attached hydrogens (primary N) is 1. The number of unbranched alkanes of at least 4 members (excludes halogenated alkanes) is 1. The summed E-state index contributed by atoms with van der Waals surface area (Å²) < 4.78 is 5.99. The summed E-state index contributed by atoms with van der Waals surface area (Å²) in [4.78, 5) is 16.1. The normalized spacial score (nSPS) is 11.5. The fourth-order valence-electron chi connectivity index (χ4n) is 2.27. The molecule has 2 aromatic heterocycles. The number of hydrogen-bond donors (Lipinski definition) is 4. The van der Waals surface area contributed by atoms with Crippen molar-refractivity contribution in [3.63, 3.8) is 0 Å². The number of nitrogens with zero attached hydrogens (tertiary/aromatic N) is 5. The molecule has 2 aromatic rings. The molecular weight excluding hydrogens is 376 g/mol. The molecule has 0 aliphatic heterocycles. The van der Waals surface area contributed by atoms with E-state index in [9.17, 15) is 4.79 Å². The van der Waals surface area contributed by atoms with Gasteiger partial charge in [-0.1, -0.05) is 6.07 Å². The Balaban J connectivity index is 0.00000364. The van der Waals surface area contributed by atoms with Crippen LogP contribution in [0.1, 0.15) is 36.7 Å². The average Bonchev–Trinajstić information content (AvgIpc) is 3.08. The van der Waals surface area contributed by atoms with Crippen LogP contribution in [0.15, 0.2) is 24.5 Å². The first-order chi connectivity index (χ1) is 12.6. The first-order valence-corrected chi connectivity index (χ1v) is 8.21. The maximum atomic E-state index is 12.1. The van der Waals surface area contributed by atoms with Gasteiger partial charge in [-0.05, 0) is 41.3 Å². The number of nitrogens with one attached hydrogen (secondary N) is 1. The zero-order valence-corrected chi connectivity index (χ0v) is 15.5. The van der Waals surface area contributed by atoms with Crippen LogP contribution in [-0.2, 0) is 22.5 Å². The summed E-state index contributed by atoms with van der Waals surface area (Å²) in [5.41, 5.74) is 6.97. The molecule has 13 heteroatoms. The van der Waals surface area contributed by atoms with Crippen molar-refractivity contribution in [3.8, 4) is 0 Å². The molecule has 5 N–H and O–H groups in total. The summed E-state index contributed by atoms with van der Waals surface area (Å²) in [6, 6.07) is 3.23. The Morgan fingerprint density at radius 2 is 2.22 bits per heavy atom. The molecule has 2 heterocycles. The zero-order chi connectivity index (χ0) is 18.8. The topological polar surface area (TPSA) is 161 Å². The van der Waals surface area contributed by atoms with E-state index in [2.05, 4.69) is 30.5 Å². The van der Waals surface area contributed by atoms with Crippen molar-refractivity contribution in [2.24, 2.45) is 5.73 Å². The van der Waals surface area contributed by atoms with Crippen molar-refractivity contribution in [1.29, 1.82) is 0 Å². The fraction of sp³-hybridized carbons (Fsp3) is 0.500. The summed E-state index contributed by atoms with van der Waals surface area (Å²) in [6.07, 6.45) is 5.21. The lowest BCUT2D eigenvalue weighted by Gasteiger charge is -2.12. The molecule has 0 spiro atoms. The Labute approximate surface area is 162 Å². The van der Waals surface area contributed by atoms with Gasteiger partial charge in [0.1, 0.15) is 6.54 Å². The van der Waals surface area contributed by atoms with Crippen LogP contribution in [0.25, 0.3) is 0 Å². The highest BCUT2D eigenvalue weighted by atomic mass is 35.5. The minimum Gasteiger partial charge on any atom is -0.402 e. The maximum absolute atomic E-state index is 12.1. The average molecular weight is 400 g/mol. The predicted octanol–water partition coefficient (Wildman–Crippen LogP) is -1.04. The van der Waals surface area contributed by atoms with E-state index in [-0.39, 0.29) is 31.5 Å². The molecule has 0 bridgehead atoms. The van der Waals surface area contributed by atoms with Gasteiger partial charge >= 0.3 is 7.32 Å². The molecule has 0 aliphatic rings. The molecule has 1 unspecified atom stereocenters. The zero-order valence-electron chi connectivity index (χ0n) is 14.6. The van der Waals surface area contributed by atoms with Crippen LogP contribution < -0.4 is 11.1 Å². The van der Waals surface area contributed by atoms with Gasteiger partial charge in [-0.15, -0.1) is 17.5 Å². The number of rotatable bonds is 11. The summed E-state index contributed by atoms with van der Waals surface area (Å²) in [7, 11) is -1.76. The van der Waals surface area contributed by atoms with E-state index in [0.29, 0.717) is 31.6 Å². The predicted molar refractivity (Wildman–Crippen MR) is 98.1 cm³/mol. The third-order valence-corrected chi connectivity index (χ3v) is 3.57. The molecule has 0 fully saturated rings. The Morgan fingerprint density at radius 3 is 2.93 bits per heavy atom. The number of hydrogen-bond acceptors (Lipinski definition) is 9. The number of carbonyl (C=O) groups is 1. The number of aromatic nitrogens is 5. The fourth-order valence-corrected chi connectivity index (χ4v) is 2.27. The largest absolute Gasteiger partial charge is 0.633 e. The highest BCUT2D eigenvalue weighted by Crippen LogP contribution is 2.13. The van der Waals surface area contributed by atoms with Crippen LogP contribution in [0.4, 0.5) is 0 Å². The third-order valence-electron chi connectivity index (χ3n) is 3.57. The number of carbonyl (C=O) groups excluding carboxylic acids is 1. The molecule has 0 radical (unpaired) electrons. The molecule has 11 nitrogen and oxygen atoms in total. The second-order valence-electron chi connectivity index (χ2n) is 5.63. The van der Waals surface area contributed by atoms with E-state index >= 15 is 0 Å². The lowest BCUT2D eigenvalue weighted by molar-refractivity contribution is -0.122. The van der Waals surface area contributed by atoms with Gasteiger partial charge < -0.3 is 25.8 Å². The van der Waals surface area contributed by atoms with Crippen LogP contribution in [0.3, 0.4) is 0 Å². The summed E-state index contributed by atoms with van der Waals surface area (Å²) >= 11 is 0. The van der Waals surface area contributed by atoms with Crippen LogP contribution in [0, 0.1) is 0 Å². The molecule has 0 aromatic carbocycles. The van der Waals surface area contributed by atoms with E-state index in [1.165, 1.54) is 4.68 Å². The summed E-state index contributed by atoms with van der Waals surface area (Å²) in [5.74, 6) is 0.185. The third kappa shape index (κ3) is 8.41. The standard InChI is InChI=1S/C14H22BN7O4.ClH/c16-12(5-1-2-7-26-15(24)25)14-19-20-21-22(14)10-13(23)18-9-11-4-3-6-17-8-11;/h3-4,6,8,12,24-25H,1-2,5,7,9-10,16H2,(H,18,23);1H. The van der Waals surface area contributed by atoms with E-state index in [4.69, 9.17) is 15.8 Å². The van der Waals surface area contributed by atoms with E-state index < -0.39 is 13.4 Å². The molecule has 0 saturated carbocycles. The van der Waals surface area contributed by atoms with Crippen LogP contribution >= 0.6 is 12.4 Å². The highest BCUT2D eigenvalue weighted by Gasteiger charge is 2.17. The maximum Gasteiger partial charge on any atom is 0.633 e. The van der Waals surface area contributed by atoms with E-state index in [1.54, 1.807) is 18.5 Å². The van der Waals surface area contributed by atoms with Crippen molar-refractivity contribution >= 4 is 25.6 Å². The number of amides is 1. The monoisotopic (exact) mass is 399 g/mol. The molecule has 0 saturated heterocycles. The lowest BCUT2D eigenvalue weighted by Crippen LogP contribution is -2.29. The summed E-state index contributed by atoms with van der Waals surface area (Å²) in [5, 5.41) is 31.2. The van der Waals surface area contributed by atoms with Crippen molar-refractivity contribution in [3.05, 3.63) is 35.9 Å². The van der Waals surface area contributed by atoms with Crippen molar-refractivity contribution < 1.29 is 19.5 Å². The number of tetrazole rings is 1. The second kappa shape index (κ2) is 12.3. The van der Waals surface area contributed by atoms with Gasteiger partial charge in [0, 0.05) is 25.5 Å². The van der Waals surface area contributed by atoms with Crippen molar-refractivity contribution in [1.82, 2.24) is 30.5 Å². The Morgan fingerprint density at radius 1 is 1.41 bits per heavy atom. The first-order valence-electron chi connectivity index (χ1n) is 8.21. The molecule has 0 aliphatic carbocycles. The smallest absolute Gasteiger partial charge is 0.402 e. The van der Waals surface area contributed by atoms with Gasteiger partial charge in [0.2, 0.25) is 5.91 Å². The molecule has 2 rings (SSSR count). The van der Waals surface area contributed by atoms with Gasteiger partial charge in [0.25, 0.3) is 0 Å². The van der Waals surface area contributed by atoms with E-state index in [1.807, 2.05) is 6.07 Å². The molecule has 1 amide bonds. The van der Waals surface area contributed by atoms with E-state index in [0.717, 1.165) is 5.56 Å². The van der Waals surface area contributed by atoms with Gasteiger partial charge in [-0.2, -0.15) is 0 Å². The molecular formula is C14H23BClN7O4. The Kier molecular flexibility index (Phi) is 10.4. The first kappa shape index (κ1) is 22.9. The van der Waals surface area contributed by atoms with Gasteiger partial charge in [-0.25, -0.2) is 4.68 Å². The number of pyridine rings is 1. The quantitative estimate of drug-likeness (QED) is 0.273. The van der Waals surface area contributed by atoms with Gasteiger partial charge in [0.15, 0.2) is 5.82 Å². The van der Waals surface area contributed by atoms with Crippen LogP contribution in [-0.4, -0.2) is 55.1 Å². The Bertz CT molecular complexity index is 676. The highest BCUT2D eigenvalue weighted by molar-refractivity contribution is 6.32. The minimum absolute atomic E-state index is 0. The lowest BCUT2D eigenvalue weighted by atomic mass is 10.1. The minimum atomic E-state index is -1.76. The molecule has 27 heavy (non-hydrogen) atoms. The number of halogens is 1. The van der Waals surface area contributed by atoms with Crippen LogP contribution in [0.2, 0.25) is 0 Å². The van der Waals surface area contributed by atoms with Gasteiger partial charge in [0.05, 0.1) is 6.04 Å². The molecule has 1 atom stereocenters. The summed E-state index contributed by atoms with van der Waals surface area (Å²) in [6.45, 7) is 0.551.